The molecule has 1 atom stereocenters. The largest absolute Gasteiger partial charge is 0.473 e. The van der Waals surface area contributed by atoms with Crippen LogP contribution in [-0.2, 0) is 14.6 Å². The molecule has 2 aromatic rings. The van der Waals surface area contributed by atoms with E-state index in [0.29, 0.717) is 11.6 Å². The summed E-state index contributed by atoms with van der Waals surface area (Å²) in [5, 5.41) is 3.62. The minimum atomic E-state index is -3.29. The molecule has 1 saturated heterocycles. The van der Waals surface area contributed by atoms with E-state index in [4.69, 9.17) is 9.47 Å². The second-order valence-electron chi connectivity index (χ2n) is 5.02. The predicted octanol–water partition coefficient (Wildman–Crippen LogP) is 1.48. The highest BCUT2D eigenvalue weighted by Crippen LogP contribution is 2.25. The molecular formula is C14H14N2O6S. The van der Waals surface area contributed by atoms with Crippen molar-refractivity contribution in [1.82, 2.24) is 5.16 Å². The SMILES string of the molecule is CS(=O)(=O)c1ccc(N2C(=O)OC[C@H]2COc2ccon2)cc1. The van der Waals surface area contributed by atoms with E-state index in [1.165, 1.54) is 23.3 Å². The maximum absolute atomic E-state index is 11.9. The van der Waals surface area contributed by atoms with Crippen LogP contribution < -0.4 is 9.64 Å². The lowest BCUT2D eigenvalue weighted by Gasteiger charge is -2.21. The Hall–Kier alpha value is -2.55. The molecule has 0 radical (unpaired) electrons. The Morgan fingerprint density at radius 2 is 2.04 bits per heavy atom. The minimum absolute atomic E-state index is 0.171. The van der Waals surface area contributed by atoms with Crippen molar-refractivity contribution in [3.8, 4) is 5.88 Å². The number of nitrogens with zero attached hydrogens (tertiary/aromatic N) is 2. The number of sulfone groups is 1. The lowest BCUT2D eigenvalue weighted by Crippen LogP contribution is -2.37. The number of cyclic esters (lactones) is 1. The first kappa shape index (κ1) is 15.3. The summed E-state index contributed by atoms with van der Waals surface area (Å²) >= 11 is 0. The summed E-state index contributed by atoms with van der Waals surface area (Å²) in [5.74, 6) is 0.316. The van der Waals surface area contributed by atoms with Crippen LogP contribution in [0.25, 0.3) is 0 Å². The average molecular weight is 338 g/mol. The zero-order valence-electron chi connectivity index (χ0n) is 12.2. The molecular weight excluding hydrogens is 324 g/mol. The van der Waals surface area contributed by atoms with Gasteiger partial charge in [-0.2, -0.15) is 0 Å². The molecule has 0 saturated carbocycles. The number of ether oxygens (including phenoxy) is 2. The first-order valence-corrected chi connectivity index (χ1v) is 8.63. The molecule has 0 aliphatic carbocycles. The number of aromatic nitrogens is 1. The van der Waals surface area contributed by atoms with Gasteiger partial charge in [-0.15, -0.1) is 0 Å². The van der Waals surface area contributed by atoms with Crippen molar-refractivity contribution in [3.05, 3.63) is 36.6 Å². The Morgan fingerprint density at radius 1 is 1.30 bits per heavy atom. The summed E-state index contributed by atoms with van der Waals surface area (Å²) in [6.45, 7) is 0.344. The van der Waals surface area contributed by atoms with Crippen molar-refractivity contribution in [2.24, 2.45) is 0 Å². The normalized spacial score (nSPS) is 18.0. The third-order valence-corrected chi connectivity index (χ3v) is 4.47. The number of benzene rings is 1. The lowest BCUT2D eigenvalue weighted by molar-refractivity contribution is 0.174. The zero-order chi connectivity index (χ0) is 16.4. The molecule has 3 rings (SSSR count). The average Bonchev–Trinajstić information content (AvgIpc) is 3.14. The number of hydrogen-bond donors (Lipinski definition) is 0. The smallest absolute Gasteiger partial charge is 0.414 e. The van der Waals surface area contributed by atoms with Crippen LogP contribution in [-0.4, -0.2) is 45.2 Å². The van der Waals surface area contributed by atoms with Crippen LogP contribution in [0.4, 0.5) is 10.5 Å². The molecule has 9 heteroatoms. The third kappa shape index (κ3) is 3.29. The van der Waals surface area contributed by atoms with E-state index < -0.39 is 15.9 Å². The maximum Gasteiger partial charge on any atom is 0.414 e. The molecule has 0 spiro atoms. The van der Waals surface area contributed by atoms with E-state index in [2.05, 4.69) is 9.68 Å². The highest BCUT2D eigenvalue weighted by Gasteiger charge is 2.35. The summed E-state index contributed by atoms with van der Waals surface area (Å²) in [6.07, 6.45) is 2.00. The Labute approximate surface area is 132 Å². The number of amides is 1. The van der Waals surface area contributed by atoms with Gasteiger partial charge in [-0.05, 0) is 29.4 Å². The first-order valence-electron chi connectivity index (χ1n) is 6.74. The molecule has 0 unspecified atom stereocenters. The van der Waals surface area contributed by atoms with Gasteiger partial charge in [0.2, 0.25) is 0 Å². The topological polar surface area (TPSA) is 98.9 Å². The predicted molar refractivity (Wildman–Crippen MR) is 79.2 cm³/mol. The second-order valence-corrected chi connectivity index (χ2v) is 7.03. The van der Waals surface area contributed by atoms with Gasteiger partial charge in [-0.3, -0.25) is 4.90 Å². The molecule has 1 aliphatic rings. The molecule has 1 aromatic heterocycles. The zero-order valence-corrected chi connectivity index (χ0v) is 13.0. The van der Waals surface area contributed by atoms with Crippen molar-refractivity contribution in [2.75, 3.05) is 24.4 Å². The van der Waals surface area contributed by atoms with E-state index in [-0.39, 0.29) is 24.2 Å². The van der Waals surface area contributed by atoms with Gasteiger partial charge in [0.1, 0.15) is 25.5 Å². The fourth-order valence-electron chi connectivity index (χ4n) is 2.21. The van der Waals surface area contributed by atoms with Crippen LogP contribution in [0.1, 0.15) is 0 Å². The summed E-state index contributed by atoms with van der Waals surface area (Å²) in [6, 6.07) is 7.24. The van der Waals surface area contributed by atoms with Gasteiger partial charge in [-0.1, -0.05) is 0 Å². The van der Waals surface area contributed by atoms with Gasteiger partial charge in [0.15, 0.2) is 9.84 Å². The number of carbonyl (C=O) groups is 1. The number of anilines is 1. The van der Waals surface area contributed by atoms with Crippen LogP contribution in [0.15, 0.2) is 46.0 Å². The monoisotopic (exact) mass is 338 g/mol. The molecule has 1 aliphatic heterocycles. The number of rotatable bonds is 5. The van der Waals surface area contributed by atoms with Crippen LogP contribution in [0.2, 0.25) is 0 Å². The van der Waals surface area contributed by atoms with Crippen molar-refractivity contribution in [1.29, 1.82) is 0 Å². The van der Waals surface area contributed by atoms with E-state index in [1.54, 1.807) is 18.2 Å². The third-order valence-electron chi connectivity index (χ3n) is 3.34. The van der Waals surface area contributed by atoms with Crippen LogP contribution >= 0.6 is 0 Å². The molecule has 2 heterocycles. The number of carbonyl (C=O) groups excluding carboxylic acids is 1. The minimum Gasteiger partial charge on any atom is -0.473 e. The molecule has 8 nitrogen and oxygen atoms in total. The quantitative estimate of drug-likeness (QED) is 0.814. The standard InChI is InChI=1S/C14H14N2O6S/c1-23(18,19)12-4-2-10(3-5-12)16-11(9-21-14(16)17)8-20-13-6-7-22-15-13/h2-7,11H,8-9H2,1H3/t11-/m1/s1. The Morgan fingerprint density at radius 3 is 2.65 bits per heavy atom. The summed E-state index contributed by atoms with van der Waals surface area (Å²) in [4.78, 5) is 13.5. The van der Waals surface area contributed by atoms with E-state index in [9.17, 15) is 13.2 Å². The van der Waals surface area contributed by atoms with Crippen LogP contribution in [0, 0.1) is 0 Å². The molecule has 0 bridgehead atoms. The highest BCUT2D eigenvalue weighted by atomic mass is 32.2. The Balaban J connectivity index is 1.76. The van der Waals surface area contributed by atoms with Crippen molar-refractivity contribution in [2.45, 2.75) is 10.9 Å². The van der Waals surface area contributed by atoms with E-state index >= 15 is 0 Å². The van der Waals surface area contributed by atoms with Gasteiger partial charge in [-0.25, -0.2) is 13.2 Å². The van der Waals surface area contributed by atoms with Crippen molar-refractivity contribution in [3.63, 3.8) is 0 Å². The molecule has 0 N–H and O–H groups in total. The molecule has 1 fully saturated rings. The Bertz CT molecular complexity index is 785. The summed E-state index contributed by atoms with van der Waals surface area (Å²) < 4.78 is 38.1. The van der Waals surface area contributed by atoms with Gasteiger partial charge >= 0.3 is 6.09 Å². The first-order chi connectivity index (χ1) is 10.9. The van der Waals surface area contributed by atoms with Gasteiger partial charge < -0.3 is 14.0 Å². The van der Waals surface area contributed by atoms with Crippen LogP contribution in [0.3, 0.4) is 0 Å². The van der Waals surface area contributed by atoms with Gasteiger partial charge in [0.25, 0.3) is 5.88 Å². The van der Waals surface area contributed by atoms with Gasteiger partial charge in [0, 0.05) is 18.0 Å². The maximum atomic E-state index is 11.9. The van der Waals surface area contributed by atoms with E-state index in [1.807, 2.05) is 0 Å². The fourth-order valence-corrected chi connectivity index (χ4v) is 2.84. The van der Waals surface area contributed by atoms with Gasteiger partial charge in [0.05, 0.1) is 4.90 Å². The van der Waals surface area contributed by atoms with Crippen LogP contribution in [0.5, 0.6) is 5.88 Å². The molecule has 1 aromatic carbocycles. The molecule has 122 valence electrons. The highest BCUT2D eigenvalue weighted by molar-refractivity contribution is 7.90. The molecule has 23 heavy (non-hydrogen) atoms. The summed E-state index contributed by atoms with van der Waals surface area (Å²) in [5.41, 5.74) is 0.536. The summed E-state index contributed by atoms with van der Waals surface area (Å²) in [7, 11) is -3.29. The van der Waals surface area contributed by atoms with Crippen molar-refractivity contribution < 1.29 is 27.2 Å². The lowest BCUT2D eigenvalue weighted by atomic mass is 10.2. The second kappa shape index (κ2) is 5.92. The molecule has 1 amide bonds. The van der Waals surface area contributed by atoms with E-state index in [0.717, 1.165) is 6.26 Å². The Kier molecular flexibility index (Phi) is 3.95. The fraction of sp³-hybridized carbons (Fsp3) is 0.286. The van der Waals surface area contributed by atoms with Crippen molar-refractivity contribution >= 4 is 21.6 Å². The number of hydrogen-bond acceptors (Lipinski definition) is 7.